The topological polar surface area (TPSA) is 60.6 Å². The third-order valence-electron chi connectivity index (χ3n) is 3.59. The fraction of sp³-hybridized carbons (Fsp3) is 0.400. The number of hydrogen-bond acceptors (Lipinski definition) is 4. The summed E-state index contributed by atoms with van der Waals surface area (Å²) in [6, 6.07) is 4.45. The predicted molar refractivity (Wildman–Crippen MR) is 81.8 cm³/mol. The largest absolute Gasteiger partial charge is 0.308 e. The van der Waals surface area contributed by atoms with Gasteiger partial charge in [-0.05, 0) is 31.5 Å². The number of rotatable bonds is 5. The molecule has 0 radical (unpaired) electrons. The lowest BCUT2D eigenvalue weighted by molar-refractivity contribution is 0.450. The van der Waals surface area contributed by atoms with Gasteiger partial charge in [0.05, 0.1) is 12.2 Å². The highest BCUT2D eigenvalue weighted by Gasteiger charge is 2.08. The van der Waals surface area contributed by atoms with E-state index in [2.05, 4.69) is 33.5 Å². The Morgan fingerprint density at radius 3 is 3.00 bits per heavy atom. The summed E-state index contributed by atoms with van der Waals surface area (Å²) in [4.78, 5) is 4.50. The van der Waals surface area contributed by atoms with Crippen LogP contribution in [-0.2, 0) is 20.1 Å². The van der Waals surface area contributed by atoms with Crippen molar-refractivity contribution < 1.29 is 0 Å². The molecule has 1 atom stereocenters. The van der Waals surface area contributed by atoms with E-state index in [-0.39, 0.29) is 0 Å². The Morgan fingerprint density at radius 1 is 1.38 bits per heavy atom. The van der Waals surface area contributed by atoms with Gasteiger partial charge in [-0.2, -0.15) is 10.2 Å². The maximum atomic E-state index is 4.50. The van der Waals surface area contributed by atoms with Crippen LogP contribution in [0.4, 0.5) is 0 Å². The van der Waals surface area contributed by atoms with Gasteiger partial charge in [-0.3, -0.25) is 9.36 Å². The van der Waals surface area contributed by atoms with Crippen LogP contribution in [-0.4, -0.2) is 30.6 Å². The molecule has 3 heterocycles. The van der Waals surface area contributed by atoms with Crippen LogP contribution in [0.15, 0.2) is 30.7 Å². The minimum atomic E-state index is 0.343. The zero-order valence-corrected chi connectivity index (χ0v) is 12.6. The third-order valence-corrected chi connectivity index (χ3v) is 3.59. The zero-order chi connectivity index (χ0) is 14.8. The van der Waals surface area contributed by atoms with Gasteiger partial charge in [0.1, 0.15) is 0 Å². The van der Waals surface area contributed by atoms with Crippen molar-refractivity contribution >= 4 is 11.0 Å². The summed E-state index contributed by atoms with van der Waals surface area (Å²) in [7, 11) is 1.92. The third kappa shape index (κ3) is 2.95. The molecule has 0 spiro atoms. The molecule has 0 aromatic carbocycles. The van der Waals surface area contributed by atoms with Crippen molar-refractivity contribution in [2.24, 2.45) is 7.05 Å². The van der Waals surface area contributed by atoms with Crippen molar-refractivity contribution in [3.63, 3.8) is 0 Å². The Kier molecular flexibility index (Phi) is 3.70. The number of nitrogens with zero attached hydrogens (tertiary/aromatic N) is 5. The number of nitrogens with one attached hydrogen (secondary N) is 1. The maximum absolute atomic E-state index is 4.50. The van der Waals surface area contributed by atoms with E-state index in [9.17, 15) is 0 Å². The van der Waals surface area contributed by atoms with Crippen LogP contribution in [0.2, 0.25) is 0 Å². The lowest BCUT2D eigenvalue weighted by Crippen LogP contribution is -2.30. The average molecular weight is 284 g/mol. The van der Waals surface area contributed by atoms with E-state index >= 15 is 0 Å². The molecule has 0 fully saturated rings. The fourth-order valence-electron chi connectivity index (χ4n) is 2.49. The maximum Gasteiger partial charge on any atom is 0.157 e. The van der Waals surface area contributed by atoms with E-state index in [0.29, 0.717) is 6.04 Å². The average Bonchev–Trinajstić information content (AvgIpc) is 3.06. The molecular formula is C15H20N6. The molecule has 6 nitrogen and oxygen atoms in total. The van der Waals surface area contributed by atoms with E-state index in [4.69, 9.17) is 0 Å². The highest BCUT2D eigenvalue weighted by molar-refractivity contribution is 5.78. The van der Waals surface area contributed by atoms with Crippen molar-refractivity contribution in [2.75, 3.05) is 0 Å². The van der Waals surface area contributed by atoms with Crippen LogP contribution in [0, 0.1) is 6.92 Å². The normalized spacial score (nSPS) is 12.9. The molecule has 0 saturated heterocycles. The van der Waals surface area contributed by atoms with Gasteiger partial charge < -0.3 is 5.32 Å². The summed E-state index contributed by atoms with van der Waals surface area (Å²) in [5.74, 6) is 0. The van der Waals surface area contributed by atoms with Gasteiger partial charge in [0.15, 0.2) is 5.65 Å². The SMILES string of the molecule is Cc1nn(C)c2ncc(CNC(C)Cn3cccn3)cc12. The summed E-state index contributed by atoms with van der Waals surface area (Å²) in [5, 5.41) is 13.2. The monoisotopic (exact) mass is 284 g/mol. The Morgan fingerprint density at radius 2 is 2.24 bits per heavy atom. The summed E-state index contributed by atoms with van der Waals surface area (Å²) in [6.45, 7) is 5.82. The Hall–Kier alpha value is -2.21. The van der Waals surface area contributed by atoms with Crippen molar-refractivity contribution in [1.29, 1.82) is 0 Å². The molecule has 0 aliphatic carbocycles. The molecular weight excluding hydrogens is 264 g/mol. The molecule has 1 unspecified atom stereocenters. The van der Waals surface area contributed by atoms with E-state index in [1.807, 2.05) is 41.8 Å². The summed E-state index contributed by atoms with van der Waals surface area (Å²) < 4.78 is 3.76. The second-order valence-corrected chi connectivity index (χ2v) is 5.43. The van der Waals surface area contributed by atoms with Gasteiger partial charge in [-0.25, -0.2) is 4.98 Å². The molecule has 3 aromatic heterocycles. The van der Waals surface area contributed by atoms with Crippen LogP contribution in [0.5, 0.6) is 0 Å². The van der Waals surface area contributed by atoms with Crippen LogP contribution in [0.25, 0.3) is 11.0 Å². The molecule has 0 bridgehead atoms. The van der Waals surface area contributed by atoms with Crippen LogP contribution < -0.4 is 5.32 Å². The number of pyridine rings is 1. The molecule has 6 heteroatoms. The van der Waals surface area contributed by atoms with E-state index in [1.54, 1.807) is 6.20 Å². The molecule has 3 aromatic rings. The molecule has 3 rings (SSSR count). The van der Waals surface area contributed by atoms with Crippen LogP contribution in [0.3, 0.4) is 0 Å². The molecule has 0 aliphatic rings. The standard InChI is InChI=1S/C15H20N6/c1-11(10-21-6-4-5-18-21)16-8-13-7-14-12(2)19-20(3)15(14)17-9-13/h4-7,9,11,16H,8,10H2,1-3H3. The predicted octanol–water partition coefficient (Wildman–Crippen LogP) is 1.65. The quantitative estimate of drug-likeness (QED) is 0.774. The molecule has 0 aliphatic heterocycles. The first-order chi connectivity index (χ1) is 10.1. The van der Waals surface area contributed by atoms with Gasteiger partial charge in [0, 0.05) is 43.6 Å². The van der Waals surface area contributed by atoms with Crippen LogP contribution in [0.1, 0.15) is 18.2 Å². The minimum Gasteiger partial charge on any atom is -0.308 e. The van der Waals surface area contributed by atoms with E-state index in [0.717, 1.165) is 29.8 Å². The van der Waals surface area contributed by atoms with Gasteiger partial charge in [0.2, 0.25) is 0 Å². The van der Waals surface area contributed by atoms with Crippen molar-refractivity contribution in [3.8, 4) is 0 Å². The number of fused-ring (bicyclic) bond motifs is 1. The first kappa shape index (κ1) is 13.8. The first-order valence-corrected chi connectivity index (χ1v) is 7.12. The van der Waals surface area contributed by atoms with E-state index < -0.39 is 0 Å². The molecule has 21 heavy (non-hydrogen) atoms. The number of aryl methyl sites for hydroxylation is 2. The fourth-order valence-corrected chi connectivity index (χ4v) is 2.49. The van der Waals surface area contributed by atoms with E-state index in [1.165, 1.54) is 5.56 Å². The van der Waals surface area contributed by atoms with Gasteiger partial charge in [-0.15, -0.1) is 0 Å². The van der Waals surface area contributed by atoms with Crippen LogP contribution >= 0.6 is 0 Å². The summed E-state index contributed by atoms with van der Waals surface area (Å²) in [6.07, 6.45) is 5.69. The Balaban J connectivity index is 1.66. The minimum absolute atomic E-state index is 0.343. The smallest absolute Gasteiger partial charge is 0.157 e. The lowest BCUT2D eigenvalue weighted by Gasteiger charge is -2.13. The second-order valence-electron chi connectivity index (χ2n) is 5.43. The number of hydrogen-bond donors (Lipinski definition) is 1. The lowest BCUT2D eigenvalue weighted by atomic mass is 10.2. The summed E-state index contributed by atoms with van der Waals surface area (Å²) in [5.41, 5.74) is 3.12. The highest BCUT2D eigenvalue weighted by atomic mass is 15.3. The molecule has 1 N–H and O–H groups in total. The zero-order valence-electron chi connectivity index (χ0n) is 12.6. The molecule has 110 valence electrons. The second kappa shape index (κ2) is 5.65. The van der Waals surface area contributed by atoms with Crippen molar-refractivity contribution in [3.05, 3.63) is 42.0 Å². The Bertz CT molecular complexity index is 728. The van der Waals surface area contributed by atoms with Crippen molar-refractivity contribution in [2.45, 2.75) is 33.0 Å². The van der Waals surface area contributed by atoms with Crippen molar-refractivity contribution in [1.82, 2.24) is 29.9 Å². The Labute approximate surface area is 123 Å². The summed E-state index contributed by atoms with van der Waals surface area (Å²) >= 11 is 0. The first-order valence-electron chi connectivity index (χ1n) is 7.12. The van der Waals surface area contributed by atoms with Gasteiger partial charge in [0.25, 0.3) is 0 Å². The molecule has 0 saturated carbocycles. The highest BCUT2D eigenvalue weighted by Crippen LogP contribution is 2.16. The molecule has 0 amide bonds. The van der Waals surface area contributed by atoms with Gasteiger partial charge in [-0.1, -0.05) is 0 Å². The van der Waals surface area contributed by atoms with Gasteiger partial charge >= 0.3 is 0 Å². The number of aromatic nitrogens is 5.